The summed E-state index contributed by atoms with van der Waals surface area (Å²) in [6.07, 6.45) is 1.73. The van der Waals surface area contributed by atoms with E-state index >= 15 is 0 Å². The van der Waals surface area contributed by atoms with Crippen molar-refractivity contribution in [3.63, 3.8) is 0 Å². The van der Waals surface area contributed by atoms with Crippen LogP contribution in [-0.4, -0.2) is 20.6 Å². The number of aromatic nitrogens is 1. The Morgan fingerprint density at radius 2 is 2.18 bits per heavy atom. The smallest absolute Gasteiger partial charge is 0.305 e. The Kier molecular flexibility index (Phi) is 2.78. The lowest BCUT2D eigenvalue weighted by molar-refractivity contribution is -0.384. The summed E-state index contributed by atoms with van der Waals surface area (Å²) >= 11 is 0. The molecule has 1 aromatic carbocycles. The van der Waals surface area contributed by atoms with Crippen molar-refractivity contribution in [1.82, 2.24) is 4.57 Å². The van der Waals surface area contributed by atoms with E-state index in [2.05, 4.69) is 0 Å². The number of carbonyl (C=O) groups is 1. The summed E-state index contributed by atoms with van der Waals surface area (Å²) in [5, 5.41) is 20.1. The number of non-ortho nitro benzene ring substituents is 1. The number of benzene rings is 1. The van der Waals surface area contributed by atoms with Crippen LogP contribution in [0.15, 0.2) is 30.5 Å². The highest BCUT2D eigenvalue weighted by Gasteiger charge is 2.09. The molecule has 0 radical (unpaired) electrons. The predicted octanol–water partition coefficient (Wildman–Crippen LogP) is 2.02. The molecule has 1 N–H and O–H groups in total. The number of carboxylic acids is 1. The van der Waals surface area contributed by atoms with Gasteiger partial charge < -0.3 is 9.67 Å². The largest absolute Gasteiger partial charge is 0.481 e. The van der Waals surface area contributed by atoms with Gasteiger partial charge in [0.1, 0.15) is 0 Å². The molecule has 2 rings (SSSR count). The van der Waals surface area contributed by atoms with Gasteiger partial charge in [0, 0.05) is 30.3 Å². The fraction of sp³-hybridized carbons (Fsp3) is 0.182. The van der Waals surface area contributed by atoms with E-state index in [1.54, 1.807) is 22.9 Å². The molecule has 88 valence electrons. The van der Waals surface area contributed by atoms with Gasteiger partial charge in [0.2, 0.25) is 0 Å². The average molecular weight is 234 g/mol. The Morgan fingerprint density at radius 1 is 1.41 bits per heavy atom. The standard InChI is InChI=1S/C11H10N2O4/c14-11(15)4-6-12-5-3-8-1-2-9(13(16)17)7-10(8)12/h1-3,5,7H,4,6H2,(H,14,15). The molecule has 0 saturated heterocycles. The molecule has 0 atom stereocenters. The molecule has 6 heteroatoms. The highest BCUT2D eigenvalue weighted by Crippen LogP contribution is 2.22. The first kappa shape index (κ1) is 11.1. The Morgan fingerprint density at radius 3 is 2.82 bits per heavy atom. The normalized spacial score (nSPS) is 10.6. The van der Waals surface area contributed by atoms with Gasteiger partial charge in [0.25, 0.3) is 5.69 Å². The number of hydrogen-bond donors (Lipinski definition) is 1. The van der Waals surface area contributed by atoms with Gasteiger partial charge in [-0.1, -0.05) is 0 Å². The number of hydrogen-bond acceptors (Lipinski definition) is 3. The van der Waals surface area contributed by atoms with Crippen LogP contribution in [0.25, 0.3) is 10.9 Å². The third-order valence-electron chi connectivity index (χ3n) is 2.53. The van der Waals surface area contributed by atoms with E-state index in [9.17, 15) is 14.9 Å². The lowest BCUT2D eigenvalue weighted by Gasteiger charge is -2.02. The number of nitro groups is 1. The van der Waals surface area contributed by atoms with Crippen molar-refractivity contribution in [3.8, 4) is 0 Å². The van der Waals surface area contributed by atoms with Gasteiger partial charge in [-0.05, 0) is 12.1 Å². The van der Waals surface area contributed by atoms with Gasteiger partial charge in [-0.3, -0.25) is 14.9 Å². The molecule has 0 unspecified atom stereocenters. The van der Waals surface area contributed by atoms with E-state index in [-0.39, 0.29) is 12.1 Å². The van der Waals surface area contributed by atoms with E-state index in [0.717, 1.165) is 5.39 Å². The number of rotatable bonds is 4. The van der Waals surface area contributed by atoms with Crippen molar-refractivity contribution < 1.29 is 14.8 Å². The number of aryl methyl sites for hydroxylation is 1. The lowest BCUT2D eigenvalue weighted by atomic mass is 10.2. The Labute approximate surface area is 96.2 Å². The van der Waals surface area contributed by atoms with E-state index in [1.165, 1.54) is 12.1 Å². The predicted molar refractivity (Wildman–Crippen MR) is 60.8 cm³/mol. The topological polar surface area (TPSA) is 85.4 Å². The maximum absolute atomic E-state index is 10.6. The van der Waals surface area contributed by atoms with Crippen LogP contribution in [0.5, 0.6) is 0 Å². The zero-order chi connectivity index (χ0) is 12.4. The molecule has 0 aliphatic heterocycles. The van der Waals surface area contributed by atoms with Crippen LogP contribution >= 0.6 is 0 Å². The second-order valence-corrected chi connectivity index (χ2v) is 3.65. The monoisotopic (exact) mass is 234 g/mol. The highest BCUT2D eigenvalue weighted by atomic mass is 16.6. The van der Waals surface area contributed by atoms with Crippen molar-refractivity contribution in [3.05, 3.63) is 40.6 Å². The van der Waals surface area contributed by atoms with E-state index in [4.69, 9.17) is 5.11 Å². The molecule has 0 aliphatic rings. The summed E-state index contributed by atoms with van der Waals surface area (Å²) in [5.41, 5.74) is 0.688. The SMILES string of the molecule is O=C(O)CCn1ccc2ccc([N+](=O)[O-])cc21. The molecule has 2 aromatic rings. The molecule has 0 amide bonds. The van der Waals surface area contributed by atoms with E-state index < -0.39 is 10.9 Å². The molecule has 6 nitrogen and oxygen atoms in total. The van der Waals surface area contributed by atoms with Crippen LogP contribution in [0.2, 0.25) is 0 Å². The summed E-state index contributed by atoms with van der Waals surface area (Å²) in [5.74, 6) is -0.891. The van der Waals surface area contributed by atoms with Gasteiger partial charge >= 0.3 is 5.97 Å². The minimum atomic E-state index is -0.891. The first-order valence-electron chi connectivity index (χ1n) is 5.03. The summed E-state index contributed by atoms with van der Waals surface area (Å²) < 4.78 is 1.70. The van der Waals surface area contributed by atoms with Gasteiger partial charge in [-0.25, -0.2) is 0 Å². The van der Waals surface area contributed by atoms with Gasteiger partial charge in [-0.15, -0.1) is 0 Å². The summed E-state index contributed by atoms with van der Waals surface area (Å²) in [6.45, 7) is 0.306. The number of carboxylic acid groups (broad SMARTS) is 1. The molecule has 0 bridgehead atoms. The number of nitrogens with zero attached hydrogens (tertiary/aromatic N) is 2. The first-order valence-corrected chi connectivity index (χ1v) is 5.03. The molecule has 0 fully saturated rings. The van der Waals surface area contributed by atoms with Crippen molar-refractivity contribution in [2.24, 2.45) is 0 Å². The zero-order valence-corrected chi connectivity index (χ0v) is 8.87. The number of nitro benzene ring substituents is 1. The average Bonchev–Trinajstić information content (AvgIpc) is 2.68. The third-order valence-corrected chi connectivity index (χ3v) is 2.53. The summed E-state index contributed by atoms with van der Waals surface area (Å²) in [7, 11) is 0. The minimum absolute atomic E-state index is 0.00720. The first-order chi connectivity index (χ1) is 8.08. The number of aliphatic carboxylic acids is 1. The second kappa shape index (κ2) is 4.25. The fourth-order valence-corrected chi connectivity index (χ4v) is 1.70. The van der Waals surface area contributed by atoms with Crippen molar-refractivity contribution in [2.45, 2.75) is 13.0 Å². The molecular weight excluding hydrogens is 224 g/mol. The van der Waals surface area contributed by atoms with Crippen molar-refractivity contribution in [1.29, 1.82) is 0 Å². The molecule has 1 heterocycles. The fourth-order valence-electron chi connectivity index (χ4n) is 1.70. The van der Waals surface area contributed by atoms with E-state index in [0.29, 0.717) is 12.1 Å². The molecular formula is C11H10N2O4. The minimum Gasteiger partial charge on any atom is -0.481 e. The van der Waals surface area contributed by atoms with Crippen LogP contribution in [0.4, 0.5) is 5.69 Å². The van der Waals surface area contributed by atoms with Crippen LogP contribution in [0.1, 0.15) is 6.42 Å². The summed E-state index contributed by atoms with van der Waals surface area (Å²) in [6, 6.07) is 6.35. The maximum atomic E-state index is 10.6. The Bertz CT molecular complexity index is 588. The quantitative estimate of drug-likeness (QED) is 0.647. The van der Waals surface area contributed by atoms with Gasteiger partial charge in [0.15, 0.2) is 0 Å². The number of fused-ring (bicyclic) bond motifs is 1. The maximum Gasteiger partial charge on any atom is 0.305 e. The van der Waals surface area contributed by atoms with Gasteiger partial charge in [-0.2, -0.15) is 0 Å². The molecule has 0 aliphatic carbocycles. The van der Waals surface area contributed by atoms with Crippen molar-refractivity contribution >= 4 is 22.6 Å². The van der Waals surface area contributed by atoms with E-state index in [1.807, 2.05) is 0 Å². The Hall–Kier alpha value is -2.37. The van der Waals surface area contributed by atoms with Crippen LogP contribution in [0.3, 0.4) is 0 Å². The van der Waals surface area contributed by atoms with Crippen LogP contribution in [0, 0.1) is 10.1 Å². The molecule has 0 saturated carbocycles. The zero-order valence-electron chi connectivity index (χ0n) is 8.87. The second-order valence-electron chi connectivity index (χ2n) is 3.65. The van der Waals surface area contributed by atoms with Gasteiger partial charge in [0.05, 0.1) is 16.9 Å². The lowest BCUT2D eigenvalue weighted by Crippen LogP contribution is -2.03. The highest BCUT2D eigenvalue weighted by molar-refractivity contribution is 5.82. The van der Waals surface area contributed by atoms with Crippen LogP contribution < -0.4 is 0 Å². The summed E-state index contributed by atoms with van der Waals surface area (Å²) in [4.78, 5) is 20.7. The molecule has 0 spiro atoms. The Balaban J connectivity index is 2.39. The molecule has 1 aromatic heterocycles. The molecule has 17 heavy (non-hydrogen) atoms. The third kappa shape index (κ3) is 2.25. The van der Waals surface area contributed by atoms with Crippen molar-refractivity contribution in [2.75, 3.05) is 0 Å². The van der Waals surface area contributed by atoms with Crippen LogP contribution in [-0.2, 0) is 11.3 Å².